The van der Waals surface area contributed by atoms with E-state index >= 15 is 0 Å². The summed E-state index contributed by atoms with van der Waals surface area (Å²) in [7, 11) is 0. The van der Waals surface area contributed by atoms with Crippen LogP contribution in [0.3, 0.4) is 0 Å². The van der Waals surface area contributed by atoms with Gasteiger partial charge in [0.2, 0.25) is 0 Å². The molecule has 0 rings (SSSR count). The molecule has 1 amide bonds. The lowest BCUT2D eigenvalue weighted by Gasteiger charge is -2.20. The lowest BCUT2D eigenvalue weighted by atomic mass is 10.2. The number of carbonyl (C=O) groups is 2. The third kappa shape index (κ3) is 6.73. The molecule has 0 aromatic rings. The Morgan fingerprint density at radius 3 is 2.27 bits per heavy atom. The SMILES string of the molecule is CC[C@@H](ONC(=O)OC(C)(C)C)C(=O)O. The third-order valence-electron chi connectivity index (χ3n) is 1.33. The number of aliphatic carboxylic acids is 1. The van der Waals surface area contributed by atoms with Crippen LogP contribution in [-0.2, 0) is 14.4 Å². The molecule has 0 aromatic carbocycles. The maximum atomic E-state index is 11.1. The molecule has 15 heavy (non-hydrogen) atoms. The lowest BCUT2D eigenvalue weighted by Crippen LogP contribution is -2.37. The number of ether oxygens (including phenoxy) is 1. The predicted octanol–water partition coefficient (Wildman–Crippen LogP) is 1.31. The van der Waals surface area contributed by atoms with Crippen molar-refractivity contribution in [2.75, 3.05) is 0 Å². The lowest BCUT2D eigenvalue weighted by molar-refractivity contribution is -0.155. The molecule has 2 N–H and O–H groups in total. The summed E-state index contributed by atoms with van der Waals surface area (Å²) in [6.45, 7) is 6.72. The fourth-order valence-electron chi connectivity index (χ4n) is 0.727. The molecule has 0 unspecified atom stereocenters. The molecule has 0 radical (unpaired) electrons. The van der Waals surface area contributed by atoms with E-state index in [1.807, 2.05) is 5.48 Å². The Morgan fingerprint density at radius 1 is 1.40 bits per heavy atom. The first-order valence-corrected chi connectivity index (χ1v) is 4.63. The molecular formula is C9H17NO5. The van der Waals surface area contributed by atoms with Crippen molar-refractivity contribution in [3.8, 4) is 0 Å². The van der Waals surface area contributed by atoms with Gasteiger partial charge in [-0.1, -0.05) is 6.92 Å². The quantitative estimate of drug-likeness (QED) is 0.696. The smallest absolute Gasteiger partial charge is 0.431 e. The van der Waals surface area contributed by atoms with Crippen LogP contribution >= 0.6 is 0 Å². The number of amides is 1. The first kappa shape index (κ1) is 13.7. The maximum Gasteiger partial charge on any atom is 0.431 e. The van der Waals surface area contributed by atoms with Crippen molar-refractivity contribution in [3.63, 3.8) is 0 Å². The highest BCUT2D eigenvalue weighted by molar-refractivity contribution is 5.72. The minimum atomic E-state index is -1.13. The minimum absolute atomic E-state index is 0.255. The van der Waals surface area contributed by atoms with Gasteiger partial charge in [0.1, 0.15) is 5.60 Å². The topological polar surface area (TPSA) is 84.9 Å². The normalized spacial score (nSPS) is 13.1. The molecule has 0 fully saturated rings. The van der Waals surface area contributed by atoms with Crippen molar-refractivity contribution in [3.05, 3.63) is 0 Å². The van der Waals surface area contributed by atoms with Gasteiger partial charge in [-0.15, -0.1) is 0 Å². The van der Waals surface area contributed by atoms with Crippen LogP contribution in [0, 0.1) is 0 Å². The van der Waals surface area contributed by atoms with Crippen LogP contribution in [-0.4, -0.2) is 28.9 Å². The van der Waals surface area contributed by atoms with Gasteiger partial charge in [0.15, 0.2) is 6.10 Å². The summed E-state index contributed by atoms with van der Waals surface area (Å²) in [6.07, 6.45) is -1.61. The largest absolute Gasteiger partial charge is 0.479 e. The van der Waals surface area contributed by atoms with Crippen molar-refractivity contribution >= 4 is 12.1 Å². The van der Waals surface area contributed by atoms with Crippen LogP contribution < -0.4 is 5.48 Å². The Kier molecular flexibility index (Phi) is 5.07. The van der Waals surface area contributed by atoms with Crippen molar-refractivity contribution in [2.24, 2.45) is 0 Å². The standard InChI is InChI=1S/C9H17NO5/c1-5-6(7(11)12)15-10-8(13)14-9(2,3)4/h6H,5H2,1-4H3,(H,10,13)(H,11,12)/t6-/m1/s1. The van der Waals surface area contributed by atoms with E-state index in [4.69, 9.17) is 9.84 Å². The molecule has 0 spiro atoms. The zero-order valence-electron chi connectivity index (χ0n) is 9.36. The van der Waals surface area contributed by atoms with Gasteiger partial charge >= 0.3 is 12.1 Å². The average molecular weight is 219 g/mol. The Hall–Kier alpha value is -1.30. The monoisotopic (exact) mass is 219 g/mol. The van der Waals surface area contributed by atoms with Crippen LogP contribution in [0.25, 0.3) is 0 Å². The Morgan fingerprint density at radius 2 is 1.93 bits per heavy atom. The molecule has 6 nitrogen and oxygen atoms in total. The zero-order valence-corrected chi connectivity index (χ0v) is 9.36. The minimum Gasteiger partial charge on any atom is -0.479 e. The number of hydrogen-bond donors (Lipinski definition) is 2. The molecule has 0 saturated heterocycles. The second-order valence-corrected chi connectivity index (χ2v) is 3.96. The number of carbonyl (C=O) groups excluding carboxylic acids is 1. The number of rotatable bonds is 4. The molecule has 88 valence electrons. The van der Waals surface area contributed by atoms with E-state index in [9.17, 15) is 9.59 Å². The fourth-order valence-corrected chi connectivity index (χ4v) is 0.727. The zero-order chi connectivity index (χ0) is 12.1. The molecule has 0 aliphatic heterocycles. The van der Waals surface area contributed by atoms with Crippen molar-refractivity contribution < 1.29 is 24.3 Å². The first-order chi connectivity index (χ1) is 6.76. The highest BCUT2D eigenvalue weighted by Crippen LogP contribution is 2.06. The summed E-state index contributed by atoms with van der Waals surface area (Å²) < 4.78 is 4.84. The fraction of sp³-hybridized carbons (Fsp3) is 0.778. The molecule has 1 atom stereocenters. The van der Waals surface area contributed by atoms with Gasteiger partial charge in [-0.3, -0.25) is 4.84 Å². The van der Waals surface area contributed by atoms with Crippen LogP contribution in [0.5, 0.6) is 0 Å². The Balaban J connectivity index is 3.94. The number of hydroxylamine groups is 1. The summed E-state index contributed by atoms with van der Waals surface area (Å²) >= 11 is 0. The molecule has 0 heterocycles. The third-order valence-corrected chi connectivity index (χ3v) is 1.33. The van der Waals surface area contributed by atoms with E-state index < -0.39 is 23.8 Å². The highest BCUT2D eigenvalue weighted by atomic mass is 16.7. The van der Waals surface area contributed by atoms with Crippen LogP contribution in [0.15, 0.2) is 0 Å². The van der Waals surface area contributed by atoms with E-state index in [1.165, 1.54) is 0 Å². The summed E-state index contributed by atoms with van der Waals surface area (Å²) in [5.41, 5.74) is 1.29. The van der Waals surface area contributed by atoms with E-state index in [0.29, 0.717) is 0 Å². The molecule has 0 aromatic heterocycles. The van der Waals surface area contributed by atoms with Gasteiger partial charge in [-0.2, -0.15) is 5.48 Å². The van der Waals surface area contributed by atoms with Crippen molar-refractivity contribution in [1.82, 2.24) is 5.48 Å². The van der Waals surface area contributed by atoms with Crippen LogP contribution in [0.1, 0.15) is 34.1 Å². The summed E-state index contributed by atoms with van der Waals surface area (Å²) in [5, 5.41) is 8.60. The molecule has 0 aliphatic rings. The average Bonchev–Trinajstić information content (AvgIpc) is 2.01. The van der Waals surface area contributed by atoms with Crippen molar-refractivity contribution in [2.45, 2.75) is 45.8 Å². The number of nitrogens with one attached hydrogen (secondary N) is 1. The highest BCUT2D eigenvalue weighted by Gasteiger charge is 2.20. The van der Waals surface area contributed by atoms with Gasteiger partial charge in [-0.25, -0.2) is 9.59 Å². The second-order valence-electron chi connectivity index (χ2n) is 3.96. The van der Waals surface area contributed by atoms with Gasteiger partial charge in [0, 0.05) is 0 Å². The first-order valence-electron chi connectivity index (χ1n) is 4.63. The van der Waals surface area contributed by atoms with Gasteiger partial charge in [0.25, 0.3) is 0 Å². The summed E-state index contributed by atoms with van der Waals surface area (Å²) in [6, 6.07) is 0. The van der Waals surface area contributed by atoms with Crippen LogP contribution in [0.2, 0.25) is 0 Å². The molecule has 6 heteroatoms. The van der Waals surface area contributed by atoms with Gasteiger partial charge < -0.3 is 9.84 Å². The molecule has 0 aliphatic carbocycles. The number of carboxylic acid groups (broad SMARTS) is 1. The number of hydrogen-bond acceptors (Lipinski definition) is 4. The van der Waals surface area contributed by atoms with E-state index in [2.05, 4.69) is 4.84 Å². The van der Waals surface area contributed by atoms with Gasteiger partial charge in [-0.05, 0) is 27.2 Å². The predicted molar refractivity (Wildman–Crippen MR) is 52.2 cm³/mol. The Bertz CT molecular complexity index is 233. The second kappa shape index (κ2) is 5.55. The summed E-state index contributed by atoms with van der Waals surface area (Å²) in [4.78, 5) is 26.2. The summed E-state index contributed by atoms with van der Waals surface area (Å²) in [5.74, 6) is -1.13. The van der Waals surface area contributed by atoms with E-state index in [0.717, 1.165) is 0 Å². The van der Waals surface area contributed by atoms with E-state index in [1.54, 1.807) is 27.7 Å². The van der Waals surface area contributed by atoms with Crippen LogP contribution in [0.4, 0.5) is 4.79 Å². The Labute approximate surface area is 88.5 Å². The maximum absolute atomic E-state index is 11.1. The molecule has 0 bridgehead atoms. The molecule has 0 saturated carbocycles. The molecular weight excluding hydrogens is 202 g/mol. The van der Waals surface area contributed by atoms with Crippen molar-refractivity contribution in [1.29, 1.82) is 0 Å². The van der Waals surface area contributed by atoms with E-state index in [-0.39, 0.29) is 6.42 Å². The van der Waals surface area contributed by atoms with Gasteiger partial charge in [0.05, 0.1) is 0 Å². The number of carboxylic acids is 1.